The van der Waals surface area contributed by atoms with Crippen LogP contribution in [0.25, 0.3) is 0 Å². The maximum atomic E-state index is 13.2. The Labute approximate surface area is 87.2 Å². The van der Waals surface area contributed by atoms with Crippen LogP contribution in [0.15, 0.2) is 23.1 Å². The van der Waals surface area contributed by atoms with Crippen molar-refractivity contribution in [3.8, 4) is 0 Å². The summed E-state index contributed by atoms with van der Waals surface area (Å²) in [6.45, 7) is 1.28. The van der Waals surface area contributed by atoms with Crippen molar-refractivity contribution in [2.75, 3.05) is 7.05 Å². The van der Waals surface area contributed by atoms with Gasteiger partial charge in [-0.1, -0.05) is 0 Å². The van der Waals surface area contributed by atoms with Gasteiger partial charge in [-0.05, 0) is 32.2 Å². The van der Waals surface area contributed by atoms with E-state index in [-0.39, 0.29) is 11.3 Å². The molecule has 0 aromatic heterocycles. The molecule has 0 fully saturated rings. The number of Topliss-reactive ketones (excluding diaryl/α,β-unsaturated/α-hetero) is 1. The van der Waals surface area contributed by atoms with Gasteiger partial charge in [-0.25, -0.2) is 17.5 Å². The summed E-state index contributed by atoms with van der Waals surface area (Å²) in [5.41, 5.74) is 0.158. The zero-order valence-corrected chi connectivity index (χ0v) is 9.06. The fraction of sp³-hybridized carbons (Fsp3) is 0.222. The summed E-state index contributed by atoms with van der Waals surface area (Å²) in [4.78, 5) is 10.5. The number of benzene rings is 1. The average molecular weight is 231 g/mol. The van der Waals surface area contributed by atoms with E-state index in [0.717, 1.165) is 12.1 Å². The Morgan fingerprint density at radius 2 is 2.00 bits per heavy atom. The van der Waals surface area contributed by atoms with Crippen LogP contribution in [0.2, 0.25) is 0 Å². The van der Waals surface area contributed by atoms with Crippen molar-refractivity contribution in [1.82, 2.24) is 4.72 Å². The molecule has 15 heavy (non-hydrogen) atoms. The van der Waals surface area contributed by atoms with Crippen molar-refractivity contribution in [2.24, 2.45) is 0 Å². The molecule has 0 aliphatic rings. The Hall–Kier alpha value is -1.27. The second kappa shape index (κ2) is 4.08. The maximum Gasteiger partial charge on any atom is 0.243 e. The Morgan fingerprint density at radius 1 is 1.40 bits per heavy atom. The predicted molar refractivity (Wildman–Crippen MR) is 52.7 cm³/mol. The van der Waals surface area contributed by atoms with Gasteiger partial charge in [-0.3, -0.25) is 4.79 Å². The molecule has 0 aliphatic carbocycles. The normalized spacial score (nSPS) is 11.4. The van der Waals surface area contributed by atoms with Crippen molar-refractivity contribution < 1.29 is 17.6 Å². The van der Waals surface area contributed by atoms with Crippen LogP contribution < -0.4 is 4.72 Å². The molecule has 1 aromatic rings. The molecular formula is C9H10FNO3S. The van der Waals surface area contributed by atoms with Crippen LogP contribution in [0.1, 0.15) is 17.3 Å². The van der Waals surface area contributed by atoms with Gasteiger partial charge in [0.15, 0.2) is 5.78 Å². The smallest absolute Gasteiger partial charge is 0.243 e. The fourth-order valence-corrected chi connectivity index (χ4v) is 1.87. The molecule has 0 saturated carbocycles. The first-order chi connectivity index (χ1) is 6.88. The van der Waals surface area contributed by atoms with E-state index < -0.39 is 20.7 Å². The van der Waals surface area contributed by atoms with Gasteiger partial charge in [0.05, 0.1) is 0 Å². The SMILES string of the molecule is CNS(=O)(=O)c1cc(C(C)=O)ccc1F. The number of ketones is 1. The van der Waals surface area contributed by atoms with Crippen LogP contribution in [-0.2, 0) is 10.0 Å². The largest absolute Gasteiger partial charge is 0.295 e. The Bertz CT molecular complexity index is 496. The van der Waals surface area contributed by atoms with Gasteiger partial charge in [-0.2, -0.15) is 0 Å². The highest BCUT2D eigenvalue weighted by atomic mass is 32.2. The maximum absolute atomic E-state index is 13.2. The summed E-state index contributed by atoms with van der Waals surface area (Å²) < 4.78 is 37.8. The molecule has 6 heteroatoms. The van der Waals surface area contributed by atoms with Crippen LogP contribution in [0.3, 0.4) is 0 Å². The number of hydrogen-bond acceptors (Lipinski definition) is 3. The average Bonchev–Trinajstić information content (AvgIpc) is 2.17. The first-order valence-corrected chi connectivity index (χ1v) is 5.61. The summed E-state index contributed by atoms with van der Waals surface area (Å²) in [6.07, 6.45) is 0. The van der Waals surface area contributed by atoms with E-state index in [0.29, 0.717) is 0 Å². The van der Waals surface area contributed by atoms with Crippen molar-refractivity contribution in [3.05, 3.63) is 29.6 Å². The van der Waals surface area contributed by atoms with Gasteiger partial charge in [0.25, 0.3) is 0 Å². The molecule has 0 aliphatic heterocycles. The van der Waals surface area contributed by atoms with Gasteiger partial charge in [0.1, 0.15) is 10.7 Å². The minimum Gasteiger partial charge on any atom is -0.295 e. The number of carbonyl (C=O) groups is 1. The van der Waals surface area contributed by atoms with E-state index in [4.69, 9.17) is 0 Å². The molecule has 4 nitrogen and oxygen atoms in total. The summed E-state index contributed by atoms with van der Waals surface area (Å²) in [6, 6.07) is 3.22. The molecule has 0 radical (unpaired) electrons. The van der Waals surface area contributed by atoms with Gasteiger partial charge in [0, 0.05) is 5.56 Å². The second-order valence-corrected chi connectivity index (χ2v) is 4.76. The first kappa shape index (κ1) is 11.8. The highest BCUT2D eigenvalue weighted by molar-refractivity contribution is 7.89. The Kier molecular flexibility index (Phi) is 3.21. The molecule has 0 amide bonds. The van der Waals surface area contributed by atoms with Crippen LogP contribution in [-0.4, -0.2) is 21.2 Å². The van der Waals surface area contributed by atoms with Crippen molar-refractivity contribution in [2.45, 2.75) is 11.8 Å². The molecule has 82 valence electrons. The van der Waals surface area contributed by atoms with Crippen molar-refractivity contribution in [3.63, 3.8) is 0 Å². The van der Waals surface area contributed by atoms with E-state index in [9.17, 15) is 17.6 Å². The number of rotatable bonds is 3. The molecule has 0 bridgehead atoms. The van der Waals surface area contributed by atoms with E-state index in [1.54, 1.807) is 0 Å². The third-order valence-electron chi connectivity index (χ3n) is 1.90. The van der Waals surface area contributed by atoms with E-state index in [2.05, 4.69) is 0 Å². The first-order valence-electron chi connectivity index (χ1n) is 4.12. The summed E-state index contributed by atoms with van der Waals surface area (Å²) in [5, 5.41) is 0. The fourth-order valence-electron chi connectivity index (χ4n) is 1.04. The Morgan fingerprint density at radius 3 is 2.47 bits per heavy atom. The standard InChI is InChI=1S/C9H10FNO3S/c1-6(12)7-3-4-8(10)9(5-7)15(13,14)11-2/h3-5,11H,1-2H3. The molecule has 1 rings (SSSR count). The minimum absolute atomic E-state index is 0.158. The second-order valence-electron chi connectivity index (χ2n) is 2.91. The van der Waals surface area contributed by atoms with Gasteiger partial charge in [0.2, 0.25) is 10.0 Å². The van der Waals surface area contributed by atoms with Crippen LogP contribution >= 0.6 is 0 Å². The van der Waals surface area contributed by atoms with Gasteiger partial charge >= 0.3 is 0 Å². The molecule has 1 N–H and O–H groups in total. The minimum atomic E-state index is -3.86. The lowest BCUT2D eigenvalue weighted by Crippen LogP contribution is -2.20. The molecule has 1 aromatic carbocycles. The third-order valence-corrected chi connectivity index (χ3v) is 3.33. The number of sulfonamides is 1. The lowest BCUT2D eigenvalue weighted by molar-refractivity contribution is 0.101. The van der Waals surface area contributed by atoms with Crippen molar-refractivity contribution in [1.29, 1.82) is 0 Å². The lowest BCUT2D eigenvalue weighted by Gasteiger charge is -2.05. The zero-order valence-electron chi connectivity index (χ0n) is 8.24. The lowest BCUT2D eigenvalue weighted by atomic mass is 10.1. The number of carbonyl (C=O) groups excluding carboxylic acids is 1. The quantitative estimate of drug-likeness (QED) is 0.787. The Balaban J connectivity index is 3.42. The van der Waals surface area contributed by atoms with E-state index in [1.165, 1.54) is 20.0 Å². The van der Waals surface area contributed by atoms with Crippen molar-refractivity contribution >= 4 is 15.8 Å². The van der Waals surface area contributed by atoms with Gasteiger partial charge in [-0.15, -0.1) is 0 Å². The van der Waals surface area contributed by atoms with E-state index >= 15 is 0 Å². The molecular weight excluding hydrogens is 221 g/mol. The van der Waals surface area contributed by atoms with Crippen LogP contribution in [0, 0.1) is 5.82 Å². The summed E-state index contributed by atoms with van der Waals surface area (Å²) in [7, 11) is -2.69. The topological polar surface area (TPSA) is 63.2 Å². The molecule has 0 unspecified atom stereocenters. The molecule has 0 heterocycles. The predicted octanol–water partition coefficient (Wildman–Crippen LogP) is 0.936. The highest BCUT2D eigenvalue weighted by Crippen LogP contribution is 2.16. The van der Waals surface area contributed by atoms with Crippen LogP contribution in [0.5, 0.6) is 0 Å². The summed E-state index contributed by atoms with van der Waals surface area (Å²) in [5.74, 6) is -1.20. The van der Waals surface area contributed by atoms with Gasteiger partial charge < -0.3 is 0 Å². The summed E-state index contributed by atoms with van der Waals surface area (Å²) >= 11 is 0. The number of halogens is 1. The number of nitrogens with one attached hydrogen (secondary N) is 1. The monoisotopic (exact) mass is 231 g/mol. The molecule has 0 atom stereocenters. The molecule has 0 saturated heterocycles. The number of hydrogen-bond donors (Lipinski definition) is 1. The third kappa shape index (κ3) is 2.40. The molecule has 0 spiro atoms. The highest BCUT2D eigenvalue weighted by Gasteiger charge is 2.18. The zero-order chi connectivity index (χ0) is 11.6. The van der Waals surface area contributed by atoms with Crippen LogP contribution in [0.4, 0.5) is 4.39 Å². The van der Waals surface area contributed by atoms with E-state index in [1.807, 2.05) is 4.72 Å².